The number of hydrogen-bond donors (Lipinski definition) is 2. The van der Waals surface area contributed by atoms with Gasteiger partial charge < -0.3 is 15.4 Å². The maximum atomic E-state index is 12.8. The highest BCUT2D eigenvalue weighted by Gasteiger charge is 2.46. The van der Waals surface area contributed by atoms with Crippen molar-refractivity contribution < 1.29 is 27.5 Å². The molecule has 5 nitrogen and oxygen atoms in total. The smallest absolute Gasteiger partial charge is 0.408 e. The summed E-state index contributed by atoms with van der Waals surface area (Å²) in [5, 5.41) is 4.73. The number of hydrogen-bond acceptors (Lipinski definition) is 3. The monoisotopic (exact) mass is 406 g/mol. The summed E-state index contributed by atoms with van der Waals surface area (Å²) in [6, 6.07) is 13.7. The van der Waals surface area contributed by atoms with E-state index < -0.39 is 36.0 Å². The summed E-state index contributed by atoms with van der Waals surface area (Å²) in [4.78, 5) is 24.9. The molecule has 3 atom stereocenters. The maximum Gasteiger partial charge on any atom is 0.408 e. The Hall–Kier alpha value is -3.03. The third kappa shape index (κ3) is 4.88. The summed E-state index contributed by atoms with van der Waals surface area (Å²) in [6.07, 6.45) is -5.02. The van der Waals surface area contributed by atoms with Crippen LogP contribution in [0.15, 0.2) is 54.6 Å². The van der Waals surface area contributed by atoms with Crippen LogP contribution in [0.5, 0.6) is 5.75 Å². The van der Waals surface area contributed by atoms with Gasteiger partial charge in [0.25, 0.3) is 0 Å². The van der Waals surface area contributed by atoms with Crippen molar-refractivity contribution in [1.29, 1.82) is 0 Å². The van der Waals surface area contributed by atoms with Gasteiger partial charge in [-0.1, -0.05) is 42.5 Å². The van der Waals surface area contributed by atoms with Crippen molar-refractivity contribution in [2.75, 3.05) is 7.11 Å². The van der Waals surface area contributed by atoms with Gasteiger partial charge in [0, 0.05) is 0 Å². The first-order chi connectivity index (χ1) is 13.8. The minimum absolute atomic E-state index is 0.165. The number of ether oxygens (including phenoxy) is 1. The number of carbonyl (C=O) groups excluding carboxylic acids is 2. The number of rotatable bonds is 5. The number of amides is 2. The van der Waals surface area contributed by atoms with Crippen molar-refractivity contribution in [2.24, 2.45) is 5.92 Å². The van der Waals surface area contributed by atoms with Gasteiger partial charge in [-0.05, 0) is 36.1 Å². The molecule has 8 heteroatoms. The molecule has 1 aliphatic heterocycles. The molecule has 1 heterocycles. The van der Waals surface area contributed by atoms with E-state index in [2.05, 4.69) is 5.32 Å². The predicted molar refractivity (Wildman–Crippen MR) is 100 cm³/mol. The molecule has 3 rings (SSSR count). The molecular formula is C21H21F3N2O3. The number of methoxy groups -OCH3 is 1. The van der Waals surface area contributed by atoms with E-state index in [9.17, 15) is 22.8 Å². The Balaban J connectivity index is 1.81. The summed E-state index contributed by atoms with van der Waals surface area (Å²) in [7, 11) is 1.53. The van der Waals surface area contributed by atoms with Gasteiger partial charge >= 0.3 is 6.18 Å². The van der Waals surface area contributed by atoms with Crippen LogP contribution < -0.4 is 15.4 Å². The molecule has 1 fully saturated rings. The molecule has 2 amide bonds. The Morgan fingerprint density at radius 1 is 1.10 bits per heavy atom. The topological polar surface area (TPSA) is 67.4 Å². The molecule has 0 radical (unpaired) electrons. The second-order valence-electron chi connectivity index (χ2n) is 6.86. The van der Waals surface area contributed by atoms with E-state index in [1.54, 1.807) is 24.3 Å². The Kier molecular flexibility index (Phi) is 6.10. The van der Waals surface area contributed by atoms with E-state index in [1.165, 1.54) is 7.11 Å². The lowest BCUT2D eigenvalue weighted by molar-refractivity contribution is -0.171. The fourth-order valence-corrected chi connectivity index (χ4v) is 3.37. The molecular weight excluding hydrogens is 385 g/mol. The third-order valence-corrected chi connectivity index (χ3v) is 4.94. The second kappa shape index (κ2) is 8.55. The zero-order valence-corrected chi connectivity index (χ0v) is 15.7. The Labute approximate surface area is 166 Å². The summed E-state index contributed by atoms with van der Waals surface area (Å²) in [6.45, 7) is 0. The van der Waals surface area contributed by atoms with Crippen molar-refractivity contribution in [3.05, 3.63) is 65.7 Å². The lowest BCUT2D eigenvalue weighted by Gasteiger charge is -2.31. The van der Waals surface area contributed by atoms with Crippen LogP contribution in [0.2, 0.25) is 0 Å². The molecule has 0 aromatic heterocycles. The molecule has 2 aromatic carbocycles. The zero-order valence-electron chi connectivity index (χ0n) is 15.7. The maximum absolute atomic E-state index is 12.8. The van der Waals surface area contributed by atoms with Crippen LogP contribution in [-0.2, 0) is 9.59 Å². The number of carbonyl (C=O) groups is 2. The first kappa shape index (κ1) is 20.7. The van der Waals surface area contributed by atoms with Crippen LogP contribution in [0.25, 0.3) is 0 Å². The molecule has 1 aliphatic rings. The Morgan fingerprint density at radius 3 is 2.41 bits per heavy atom. The molecule has 0 saturated carbocycles. The van der Waals surface area contributed by atoms with Gasteiger partial charge in [0.05, 0.1) is 13.2 Å². The number of piperidine rings is 1. The van der Waals surface area contributed by atoms with E-state index in [-0.39, 0.29) is 12.8 Å². The lowest BCUT2D eigenvalue weighted by atomic mass is 9.91. The fourth-order valence-electron chi connectivity index (χ4n) is 3.37. The Morgan fingerprint density at radius 2 is 1.79 bits per heavy atom. The zero-order chi connectivity index (χ0) is 21.0. The van der Waals surface area contributed by atoms with Gasteiger partial charge in [0.2, 0.25) is 11.8 Å². The molecule has 1 saturated heterocycles. The predicted octanol–water partition coefficient (Wildman–Crippen LogP) is 3.36. The van der Waals surface area contributed by atoms with Gasteiger partial charge in [-0.25, -0.2) is 0 Å². The van der Waals surface area contributed by atoms with Crippen LogP contribution in [0.3, 0.4) is 0 Å². The molecule has 0 spiro atoms. The normalized spacial score (nSPS) is 20.5. The van der Waals surface area contributed by atoms with Gasteiger partial charge in [0.15, 0.2) is 0 Å². The molecule has 154 valence electrons. The molecule has 2 N–H and O–H groups in total. The number of nitrogens with one attached hydrogen (secondary N) is 2. The van der Waals surface area contributed by atoms with Crippen LogP contribution >= 0.6 is 0 Å². The minimum Gasteiger partial charge on any atom is -0.497 e. The summed E-state index contributed by atoms with van der Waals surface area (Å²) in [5.41, 5.74) is 1.51. The summed E-state index contributed by atoms with van der Waals surface area (Å²) in [5.74, 6) is -2.10. The van der Waals surface area contributed by atoms with Crippen molar-refractivity contribution in [3.63, 3.8) is 0 Å². The number of alkyl halides is 3. The van der Waals surface area contributed by atoms with Gasteiger partial charge in [-0.2, -0.15) is 13.2 Å². The number of halogens is 3. The van der Waals surface area contributed by atoms with Crippen molar-refractivity contribution in [2.45, 2.75) is 31.1 Å². The second-order valence-corrected chi connectivity index (χ2v) is 6.86. The molecule has 29 heavy (non-hydrogen) atoms. The van der Waals surface area contributed by atoms with Crippen LogP contribution in [0.1, 0.15) is 30.0 Å². The summed E-state index contributed by atoms with van der Waals surface area (Å²) < 4.78 is 43.8. The number of benzene rings is 2. The third-order valence-electron chi connectivity index (χ3n) is 4.94. The van der Waals surface area contributed by atoms with Crippen molar-refractivity contribution >= 4 is 11.8 Å². The van der Waals surface area contributed by atoms with E-state index in [0.29, 0.717) is 5.75 Å². The van der Waals surface area contributed by atoms with Crippen LogP contribution in [-0.4, -0.2) is 31.1 Å². The largest absolute Gasteiger partial charge is 0.497 e. The van der Waals surface area contributed by atoms with E-state index in [4.69, 9.17) is 4.74 Å². The summed E-state index contributed by atoms with van der Waals surface area (Å²) >= 11 is 0. The van der Waals surface area contributed by atoms with Gasteiger partial charge in [-0.3, -0.25) is 9.59 Å². The van der Waals surface area contributed by atoms with E-state index >= 15 is 0 Å². The lowest BCUT2D eigenvalue weighted by Crippen LogP contribution is -2.54. The quantitative estimate of drug-likeness (QED) is 0.749. The molecule has 2 aromatic rings. The highest BCUT2D eigenvalue weighted by Crippen LogP contribution is 2.30. The SMILES string of the molecule is COc1cccc(C(NC(=O)C2CCC(C(F)(F)F)NC2=O)c2ccccc2)c1. The highest BCUT2D eigenvalue weighted by atomic mass is 19.4. The minimum atomic E-state index is -4.52. The molecule has 3 unspecified atom stereocenters. The van der Waals surface area contributed by atoms with Crippen molar-refractivity contribution in [3.8, 4) is 5.75 Å². The average molecular weight is 406 g/mol. The average Bonchev–Trinajstić information content (AvgIpc) is 2.71. The van der Waals surface area contributed by atoms with Crippen LogP contribution in [0, 0.1) is 5.92 Å². The van der Waals surface area contributed by atoms with Crippen molar-refractivity contribution in [1.82, 2.24) is 10.6 Å². The van der Waals surface area contributed by atoms with E-state index in [1.807, 2.05) is 35.6 Å². The molecule has 0 aliphatic carbocycles. The fraction of sp³-hybridized carbons (Fsp3) is 0.333. The molecule has 0 bridgehead atoms. The van der Waals surface area contributed by atoms with Crippen LogP contribution in [0.4, 0.5) is 13.2 Å². The van der Waals surface area contributed by atoms with Gasteiger partial charge in [0.1, 0.15) is 17.7 Å². The van der Waals surface area contributed by atoms with E-state index in [0.717, 1.165) is 11.1 Å². The first-order valence-corrected chi connectivity index (χ1v) is 9.16. The standard InChI is InChI=1S/C21H21F3N2O3/c1-29-15-9-5-8-14(12-15)18(13-6-3-2-4-7-13)26-20(28)16-10-11-17(21(22,23)24)25-19(16)27/h2-9,12,16-18H,10-11H2,1H3,(H,25,27)(H,26,28). The van der Waals surface area contributed by atoms with Gasteiger partial charge in [-0.15, -0.1) is 0 Å². The highest BCUT2D eigenvalue weighted by molar-refractivity contribution is 6.01. The Bertz CT molecular complexity index is 871. The first-order valence-electron chi connectivity index (χ1n) is 9.16.